The van der Waals surface area contributed by atoms with Gasteiger partial charge in [-0.25, -0.2) is 9.59 Å². The van der Waals surface area contributed by atoms with Crippen LogP contribution in [0.2, 0.25) is 0 Å². The molecule has 0 fully saturated rings. The molecule has 18 heavy (non-hydrogen) atoms. The van der Waals surface area contributed by atoms with Crippen LogP contribution >= 0.6 is 0 Å². The third-order valence-corrected chi connectivity index (χ3v) is 2.75. The van der Waals surface area contributed by atoms with Crippen LogP contribution in [-0.2, 0) is 15.9 Å². The molecular weight excluding hydrogens is 236 g/mol. The maximum absolute atomic E-state index is 11.7. The third kappa shape index (κ3) is 2.30. The van der Waals surface area contributed by atoms with Crippen molar-refractivity contribution in [1.82, 2.24) is 0 Å². The topological polar surface area (TPSA) is 72.8 Å². The molecule has 0 spiro atoms. The number of ether oxygens (including phenoxy) is 2. The molecule has 1 N–H and O–H groups in total. The van der Waals surface area contributed by atoms with E-state index in [2.05, 4.69) is 9.47 Å². The van der Waals surface area contributed by atoms with Gasteiger partial charge in [0.2, 0.25) is 0 Å². The number of rotatable bonds is 3. The first-order chi connectivity index (χ1) is 8.47. The molecule has 0 aliphatic heterocycles. The molecule has 0 saturated heterocycles. The molecule has 0 aromatic heterocycles. The fourth-order valence-corrected chi connectivity index (χ4v) is 1.83. The van der Waals surface area contributed by atoms with Crippen molar-refractivity contribution in [3.8, 4) is 5.75 Å². The summed E-state index contributed by atoms with van der Waals surface area (Å²) in [5.41, 5.74) is 1.15. The first-order valence-electron chi connectivity index (χ1n) is 5.49. The average Bonchev–Trinajstić information content (AvgIpc) is 2.39. The van der Waals surface area contributed by atoms with Crippen molar-refractivity contribution < 1.29 is 24.2 Å². The van der Waals surface area contributed by atoms with Gasteiger partial charge in [0.25, 0.3) is 0 Å². The zero-order valence-electron chi connectivity index (χ0n) is 10.9. The Labute approximate surface area is 105 Å². The first kappa shape index (κ1) is 14.0. The lowest BCUT2D eigenvalue weighted by Crippen LogP contribution is -2.13. The Bertz CT molecular complexity index is 491. The number of carbonyl (C=O) groups is 2. The molecule has 0 saturated carbocycles. The summed E-state index contributed by atoms with van der Waals surface area (Å²) in [5, 5.41) is 9.94. The number of phenols is 1. The molecule has 1 rings (SSSR count). The fourth-order valence-electron chi connectivity index (χ4n) is 1.83. The van der Waals surface area contributed by atoms with Crippen LogP contribution in [-0.4, -0.2) is 31.3 Å². The number of benzene rings is 1. The van der Waals surface area contributed by atoms with Gasteiger partial charge < -0.3 is 14.6 Å². The van der Waals surface area contributed by atoms with Gasteiger partial charge in [0, 0.05) is 0 Å². The minimum absolute atomic E-state index is 0.0281. The maximum atomic E-state index is 11.7. The van der Waals surface area contributed by atoms with E-state index in [1.807, 2.05) is 0 Å². The van der Waals surface area contributed by atoms with Crippen LogP contribution in [0, 0.1) is 6.92 Å². The third-order valence-electron chi connectivity index (χ3n) is 2.75. The Morgan fingerprint density at radius 1 is 1.22 bits per heavy atom. The summed E-state index contributed by atoms with van der Waals surface area (Å²) in [7, 11) is 2.49. The van der Waals surface area contributed by atoms with Gasteiger partial charge >= 0.3 is 11.9 Å². The predicted octanol–water partition coefficient (Wildman–Crippen LogP) is 1.84. The fraction of sp³-hybridized carbons (Fsp3) is 0.385. The summed E-state index contributed by atoms with van der Waals surface area (Å²) < 4.78 is 9.30. The number of esters is 2. The molecule has 0 amide bonds. The van der Waals surface area contributed by atoms with E-state index >= 15 is 0 Å². The molecule has 5 heteroatoms. The van der Waals surface area contributed by atoms with E-state index < -0.39 is 11.9 Å². The second-order valence-corrected chi connectivity index (χ2v) is 3.78. The molecule has 0 atom stereocenters. The number of hydrogen-bond acceptors (Lipinski definition) is 5. The highest BCUT2D eigenvalue weighted by Crippen LogP contribution is 2.30. The average molecular weight is 252 g/mol. The van der Waals surface area contributed by atoms with E-state index in [0.717, 1.165) is 0 Å². The van der Waals surface area contributed by atoms with Crippen molar-refractivity contribution in [3.05, 3.63) is 28.3 Å². The normalized spacial score (nSPS) is 10.0. The van der Waals surface area contributed by atoms with Crippen LogP contribution in [0.1, 0.15) is 38.8 Å². The molecule has 0 aliphatic carbocycles. The molecule has 0 aliphatic rings. The summed E-state index contributed by atoms with van der Waals surface area (Å²) in [4.78, 5) is 23.4. The highest BCUT2D eigenvalue weighted by Gasteiger charge is 2.24. The highest BCUT2D eigenvalue weighted by molar-refractivity contribution is 6.00. The zero-order valence-corrected chi connectivity index (χ0v) is 10.9. The molecule has 1 aromatic carbocycles. The number of carbonyl (C=O) groups excluding carboxylic acids is 2. The van der Waals surface area contributed by atoms with Gasteiger partial charge in [-0.2, -0.15) is 0 Å². The van der Waals surface area contributed by atoms with Crippen LogP contribution in [0.5, 0.6) is 5.75 Å². The molecule has 0 heterocycles. The lowest BCUT2D eigenvalue weighted by Gasteiger charge is -2.14. The van der Waals surface area contributed by atoms with E-state index in [1.165, 1.54) is 20.3 Å². The Morgan fingerprint density at radius 3 is 2.22 bits per heavy atom. The first-order valence-corrected chi connectivity index (χ1v) is 5.49. The Balaban J connectivity index is 3.62. The molecule has 0 bridgehead atoms. The van der Waals surface area contributed by atoms with Crippen LogP contribution in [0.15, 0.2) is 6.07 Å². The smallest absolute Gasteiger partial charge is 0.341 e. The number of methoxy groups -OCH3 is 2. The molecule has 1 aromatic rings. The molecule has 5 nitrogen and oxygen atoms in total. The van der Waals surface area contributed by atoms with Gasteiger partial charge in [-0.1, -0.05) is 6.92 Å². The van der Waals surface area contributed by atoms with Crippen molar-refractivity contribution in [2.24, 2.45) is 0 Å². The second kappa shape index (κ2) is 5.53. The van der Waals surface area contributed by atoms with Gasteiger partial charge in [-0.15, -0.1) is 0 Å². The molecule has 98 valence electrons. The standard InChI is InChI=1S/C13H16O5/c1-5-8-9(12(15)17-3)6-7(2)11(14)10(8)13(16)18-4/h6,14H,5H2,1-4H3. The van der Waals surface area contributed by atoms with Crippen molar-refractivity contribution in [1.29, 1.82) is 0 Å². The Hall–Kier alpha value is -2.04. The van der Waals surface area contributed by atoms with Crippen molar-refractivity contribution in [2.45, 2.75) is 20.3 Å². The summed E-state index contributed by atoms with van der Waals surface area (Å²) in [6, 6.07) is 1.51. The van der Waals surface area contributed by atoms with Gasteiger partial charge in [0.1, 0.15) is 11.3 Å². The van der Waals surface area contributed by atoms with E-state index in [4.69, 9.17) is 0 Å². The second-order valence-electron chi connectivity index (χ2n) is 3.78. The Morgan fingerprint density at radius 2 is 1.78 bits per heavy atom. The predicted molar refractivity (Wildman–Crippen MR) is 64.9 cm³/mol. The van der Waals surface area contributed by atoms with Crippen molar-refractivity contribution >= 4 is 11.9 Å². The SMILES string of the molecule is CCc1c(C(=O)OC)cc(C)c(O)c1C(=O)OC. The van der Waals surface area contributed by atoms with E-state index in [1.54, 1.807) is 13.8 Å². The maximum Gasteiger partial charge on any atom is 0.341 e. The quantitative estimate of drug-likeness (QED) is 0.831. The summed E-state index contributed by atoms with van der Waals surface area (Å²) in [6.45, 7) is 3.39. The van der Waals surface area contributed by atoms with E-state index in [0.29, 0.717) is 17.5 Å². The van der Waals surface area contributed by atoms with Crippen LogP contribution in [0.4, 0.5) is 0 Å². The van der Waals surface area contributed by atoms with Crippen LogP contribution in [0.25, 0.3) is 0 Å². The largest absolute Gasteiger partial charge is 0.507 e. The van der Waals surface area contributed by atoms with Crippen LogP contribution < -0.4 is 0 Å². The van der Waals surface area contributed by atoms with Gasteiger partial charge in [-0.3, -0.25) is 0 Å². The summed E-state index contributed by atoms with van der Waals surface area (Å²) in [6.07, 6.45) is 0.405. The molecule has 0 radical (unpaired) electrons. The lowest BCUT2D eigenvalue weighted by atomic mass is 9.94. The molecule has 0 unspecified atom stereocenters. The Kier molecular flexibility index (Phi) is 4.31. The van der Waals surface area contributed by atoms with Gasteiger partial charge in [-0.05, 0) is 30.5 Å². The minimum atomic E-state index is -0.668. The highest BCUT2D eigenvalue weighted by atomic mass is 16.5. The molecular formula is C13H16O5. The van der Waals surface area contributed by atoms with Crippen molar-refractivity contribution in [2.75, 3.05) is 14.2 Å². The van der Waals surface area contributed by atoms with Crippen molar-refractivity contribution in [3.63, 3.8) is 0 Å². The minimum Gasteiger partial charge on any atom is -0.507 e. The summed E-state index contributed by atoms with van der Waals surface area (Å²) in [5.74, 6) is -1.37. The lowest BCUT2D eigenvalue weighted by molar-refractivity contribution is 0.0594. The van der Waals surface area contributed by atoms with E-state index in [9.17, 15) is 14.7 Å². The van der Waals surface area contributed by atoms with Gasteiger partial charge in [0.15, 0.2) is 0 Å². The number of hydrogen-bond donors (Lipinski definition) is 1. The number of phenolic OH excluding ortho intramolecular Hbond substituents is 1. The van der Waals surface area contributed by atoms with E-state index in [-0.39, 0.29) is 16.9 Å². The number of aromatic hydroxyl groups is 1. The summed E-state index contributed by atoms with van der Waals surface area (Å²) >= 11 is 0. The monoisotopic (exact) mass is 252 g/mol. The number of aryl methyl sites for hydroxylation is 1. The van der Waals surface area contributed by atoms with Gasteiger partial charge in [0.05, 0.1) is 19.8 Å². The van der Waals surface area contributed by atoms with Crippen LogP contribution in [0.3, 0.4) is 0 Å². The zero-order chi connectivity index (χ0) is 13.9.